The number of hydrogen-bond acceptors (Lipinski definition) is 4. The van der Waals surface area contributed by atoms with E-state index in [4.69, 9.17) is 4.74 Å². The molecule has 6 heteroatoms. The molecular formula is C18H24N4O2. The average Bonchev–Trinajstić information content (AvgIpc) is 2.91. The summed E-state index contributed by atoms with van der Waals surface area (Å²) in [6.45, 7) is 7.13. The molecule has 1 aromatic heterocycles. The third-order valence-corrected chi connectivity index (χ3v) is 4.13. The molecule has 1 saturated heterocycles. The molecule has 2 aromatic rings. The van der Waals surface area contributed by atoms with Gasteiger partial charge in [0, 0.05) is 18.8 Å². The smallest absolute Gasteiger partial charge is 0.239 e. The minimum absolute atomic E-state index is 0.0151. The molecule has 2 heterocycles. The van der Waals surface area contributed by atoms with E-state index in [-0.39, 0.29) is 11.9 Å². The molecule has 0 unspecified atom stereocenters. The van der Waals surface area contributed by atoms with E-state index in [0.717, 1.165) is 30.0 Å². The molecule has 24 heavy (non-hydrogen) atoms. The summed E-state index contributed by atoms with van der Waals surface area (Å²) in [4.78, 5) is 12.1. The number of morpholine rings is 1. The molecule has 0 bridgehead atoms. The van der Waals surface area contributed by atoms with E-state index in [2.05, 4.69) is 40.9 Å². The van der Waals surface area contributed by atoms with Crippen LogP contribution in [0.4, 0.5) is 0 Å². The Morgan fingerprint density at radius 1 is 1.38 bits per heavy atom. The number of nitrogens with zero attached hydrogens (tertiary/aromatic N) is 2. The zero-order valence-corrected chi connectivity index (χ0v) is 14.2. The number of hydrogen-bond donors (Lipinski definition) is 2. The van der Waals surface area contributed by atoms with Crippen LogP contribution in [0.5, 0.6) is 0 Å². The van der Waals surface area contributed by atoms with E-state index >= 15 is 0 Å². The van der Waals surface area contributed by atoms with Gasteiger partial charge in [-0.05, 0) is 31.0 Å². The zero-order chi connectivity index (χ0) is 16.9. The van der Waals surface area contributed by atoms with Gasteiger partial charge in [-0.3, -0.25) is 9.48 Å². The largest absolute Gasteiger partial charge is 0.378 e. The molecule has 1 aliphatic heterocycles. The first kappa shape index (κ1) is 16.7. The number of ether oxygens (including phenoxy) is 1. The fourth-order valence-corrected chi connectivity index (χ4v) is 2.89. The minimum atomic E-state index is -0.253. The predicted octanol–water partition coefficient (Wildman–Crippen LogP) is 1.15. The number of carbonyl (C=O) groups excluding carboxylic acids is 1. The Kier molecular flexibility index (Phi) is 5.27. The van der Waals surface area contributed by atoms with E-state index in [9.17, 15) is 4.79 Å². The van der Waals surface area contributed by atoms with Crippen LogP contribution in [0.25, 0.3) is 0 Å². The van der Waals surface area contributed by atoms with Crippen molar-refractivity contribution in [1.29, 1.82) is 0 Å². The van der Waals surface area contributed by atoms with Crippen LogP contribution in [0, 0.1) is 13.8 Å². The topological polar surface area (TPSA) is 68.2 Å². The minimum Gasteiger partial charge on any atom is -0.378 e. The molecule has 128 valence electrons. The van der Waals surface area contributed by atoms with Gasteiger partial charge in [-0.15, -0.1) is 0 Å². The van der Waals surface area contributed by atoms with Crippen LogP contribution in [0.1, 0.15) is 22.5 Å². The van der Waals surface area contributed by atoms with Crippen molar-refractivity contribution in [1.82, 2.24) is 20.4 Å². The fraction of sp³-hybridized carbons (Fsp3) is 0.444. The summed E-state index contributed by atoms with van der Waals surface area (Å²) in [5.41, 5.74) is 4.43. The number of rotatable bonds is 5. The number of benzene rings is 1. The molecule has 1 aromatic carbocycles. The summed E-state index contributed by atoms with van der Waals surface area (Å²) in [5, 5.41) is 10.6. The van der Waals surface area contributed by atoms with Crippen LogP contribution in [-0.2, 0) is 22.6 Å². The molecule has 0 radical (unpaired) electrons. The lowest BCUT2D eigenvalue weighted by Gasteiger charge is -2.22. The number of amides is 1. The zero-order valence-electron chi connectivity index (χ0n) is 14.2. The van der Waals surface area contributed by atoms with Crippen molar-refractivity contribution < 1.29 is 9.53 Å². The van der Waals surface area contributed by atoms with Crippen molar-refractivity contribution in [3.63, 3.8) is 0 Å². The van der Waals surface area contributed by atoms with Crippen LogP contribution < -0.4 is 10.6 Å². The lowest BCUT2D eigenvalue weighted by Crippen LogP contribution is -2.51. The summed E-state index contributed by atoms with van der Waals surface area (Å²) in [6.07, 6.45) is 0. The molecule has 1 amide bonds. The first-order valence-corrected chi connectivity index (χ1v) is 8.29. The van der Waals surface area contributed by atoms with E-state index in [0.29, 0.717) is 19.8 Å². The normalized spacial score (nSPS) is 17.7. The van der Waals surface area contributed by atoms with Crippen molar-refractivity contribution in [3.8, 4) is 0 Å². The van der Waals surface area contributed by atoms with Gasteiger partial charge < -0.3 is 15.4 Å². The lowest BCUT2D eigenvalue weighted by molar-refractivity contribution is -0.126. The van der Waals surface area contributed by atoms with Gasteiger partial charge in [0.15, 0.2) is 0 Å². The first-order valence-electron chi connectivity index (χ1n) is 8.29. The molecular weight excluding hydrogens is 304 g/mol. The number of nitrogens with one attached hydrogen (secondary N) is 2. The van der Waals surface area contributed by atoms with Gasteiger partial charge in [0.2, 0.25) is 5.91 Å². The van der Waals surface area contributed by atoms with Crippen LogP contribution in [0.15, 0.2) is 30.3 Å². The monoisotopic (exact) mass is 328 g/mol. The van der Waals surface area contributed by atoms with Gasteiger partial charge in [0.05, 0.1) is 25.5 Å². The average molecular weight is 328 g/mol. The molecule has 1 fully saturated rings. The Labute approximate surface area is 142 Å². The molecule has 3 rings (SSSR count). The molecule has 0 saturated carbocycles. The van der Waals surface area contributed by atoms with Crippen molar-refractivity contribution in [2.24, 2.45) is 0 Å². The van der Waals surface area contributed by atoms with Crippen molar-refractivity contribution in [2.75, 3.05) is 19.8 Å². The Hall–Kier alpha value is -2.18. The number of aromatic nitrogens is 2. The highest BCUT2D eigenvalue weighted by atomic mass is 16.5. The fourth-order valence-electron chi connectivity index (χ4n) is 2.89. The Morgan fingerprint density at radius 2 is 2.21 bits per heavy atom. The molecule has 2 N–H and O–H groups in total. The lowest BCUT2D eigenvalue weighted by atomic mass is 10.1. The van der Waals surface area contributed by atoms with E-state index < -0.39 is 0 Å². The maximum Gasteiger partial charge on any atom is 0.239 e. The summed E-state index contributed by atoms with van der Waals surface area (Å²) < 4.78 is 7.32. The highest BCUT2D eigenvalue weighted by Gasteiger charge is 2.20. The van der Waals surface area contributed by atoms with Crippen LogP contribution in [-0.4, -0.2) is 41.5 Å². The van der Waals surface area contributed by atoms with Crippen LogP contribution in [0.3, 0.4) is 0 Å². The number of carbonyl (C=O) groups is 1. The standard InChI is InChI=1S/C18H24N4O2/c1-13-8-14(2)22(21-13)11-16-5-3-4-15(9-16)10-20-18(23)17-12-24-7-6-19-17/h3-5,8-9,17,19H,6-7,10-12H2,1-2H3,(H,20,23)/t17-/m1/s1. The van der Waals surface area contributed by atoms with Crippen LogP contribution >= 0.6 is 0 Å². The Balaban J connectivity index is 1.58. The highest BCUT2D eigenvalue weighted by molar-refractivity contribution is 5.81. The van der Waals surface area contributed by atoms with Crippen molar-refractivity contribution in [3.05, 3.63) is 52.8 Å². The first-order chi connectivity index (χ1) is 11.6. The van der Waals surface area contributed by atoms with Gasteiger partial charge in [-0.1, -0.05) is 24.3 Å². The number of aryl methyl sites for hydroxylation is 2. The van der Waals surface area contributed by atoms with E-state index in [1.807, 2.05) is 23.7 Å². The third kappa shape index (κ3) is 4.21. The maximum absolute atomic E-state index is 12.1. The predicted molar refractivity (Wildman–Crippen MR) is 91.7 cm³/mol. The highest BCUT2D eigenvalue weighted by Crippen LogP contribution is 2.10. The summed E-state index contributed by atoms with van der Waals surface area (Å²) in [5.74, 6) is -0.0151. The van der Waals surface area contributed by atoms with E-state index in [1.165, 1.54) is 5.56 Å². The second-order valence-corrected chi connectivity index (χ2v) is 6.20. The second-order valence-electron chi connectivity index (χ2n) is 6.20. The maximum atomic E-state index is 12.1. The quantitative estimate of drug-likeness (QED) is 0.864. The van der Waals surface area contributed by atoms with Crippen LogP contribution in [0.2, 0.25) is 0 Å². The summed E-state index contributed by atoms with van der Waals surface area (Å²) in [6, 6.07) is 10.1. The SMILES string of the molecule is Cc1cc(C)n(Cc2cccc(CNC(=O)[C@H]3COCCN3)c2)n1. The van der Waals surface area contributed by atoms with Gasteiger partial charge in [0.1, 0.15) is 6.04 Å². The van der Waals surface area contributed by atoms with Gasteiger partial charge in [-0.2, -0.15) is 5.10 Å². The molecule has 1 aliphatic rings. The molecule has 0 aliphatic carbocycles. The second kappa shape index (κ2) is 7.59. The molecule has 6 nitrogen and oxygen atoms in total. The third-order valence-electron chi connectivity index (χ3n) is 4.13. The molecule has 0 spiro atoms. The van der Waals surface area contributed by atoms with Gasteiger partial charge in [-0.25, -0.2) is 0 Å². The summed E-state index contributed by atoms with van der Waals surface area (Å²) >= 11 is 0. The Bertz CT molecular complexity index is 705. The molecule has 1 atom stereocenters. The van der Waals surface area contributed by atoms with Crippen molar-refractivity contribution >= 4 is 5.91 Å². The van der Waals surface area contributed by atoms with Gasteiger partial charge in [0.25, 0.3) is 0 Å². The van der Waals surface area contributed by atoms with Crippen molar-refractivity contribution in [2.45, 2.75) is 33.0 Å². The summed E-state index contributed by atoms with van der Waals surface area (Å²) in [7, 11) is 0. The van der Waals surface area contributed by atoms with Gasteiger partial charge >= 0.3 is 0 Å². The van der Waals surface area contributed by atoms with E-state index in [1.54, 1.807) is 0 Å². The Morgan fingerprint density at radius 3 is 2.92 bits per heavy atom.